The predicted molar refractivity (Wildman–Crippen MR) is 82.7 cm³/mol. The largest absolute Gasteiger partial charge is 0.489 e. The van der Waals surface area contributed by atoms with E-state index in [2.05, 4.69) is 6.58 Å². The van der Waals surface area contributed by atoms with Gasteiger partial charge in [0.15, 0.2) is 0 Å². The lowest BCUT2D eigenvalue weighted by Crippen LogP contribution is -2.05. The Morgan fingerprint density at radius 1 is 1.27 bits per heavy atom. The number of benzene rings is 2. The van der Waals surface area contributed by atoms with E-state index in [9.17, 15) is 9.18 Å². The van der Waals surface area contributed by atoms with Gasteiger partial charge in [0.1, 0.15) is 24.8 Å². The van der Waals surface area contributed by atoms with E-state index in [0.29, 0.717) is 21.9 Å². The Bertz CT molecular complexity index is 685. The van der Waals surface area contributed by atoms with Gasteiger partial charge in [-0.3, -0.25) is 0 Å². The quantitative estimate of drug-likeness (QED) is 0.584. The standard InChI is InChI=1S/C17H14ClFO3/c1-2-8-21-17(20)12-4-3-5-15(9-12)22-11-13-6-7-14(19)10-16(13)18/h2-7,9-10H,1,8,11H2. The van der Waals surface area contributed by atoms with Gasteiger partial charge in [0.2, 0.25) is 0 Å². The summed E-state index contributed by atoms with van der Waals surface area (Å²) in [5, 5.41) is 0.293. The Balaban J connectivity index is 2.04. The van der Waals surface area contributed by atoms with Crippen LogP contribution in [-0.2, 0) is 11.3 Å². The third-order valence-corrected chi connectivity index (χ3v) is 3.16. The molecule has 0 spiro atoms. The van der Waals surface area contributed by atoms with E-state index in [1.165, 1.54) is 18.2 Å². The van der Waals surface area contributed by atoms with Crippen LogP contribution in [0.1, 0.15) is 15.9 Å². The molecular weight excluding hydrogens is 307 g/mol. The molecule has 0 saturated carbocycles. The summed E-state index contributed by atoms with van der Waals surface area (Å²) in [4.78, 5) is 11.7. The highest BCUT2D eigenvalue weighted by Crippen LogP contribution is 2.21. The predicted octanol–water partition coefficient (Wildman–Crippen LogP) is 4.40. The molecule has 0 saturated heterocycles. The summed E-state index contributed by atoms with van der Waals surface area (Å²) in [5.74, 6) is -0.362. The Morgan fingerprint density at radius 3 is 2.82 bits per heavy atom. The second-order valence-corrected chi connectivity index (χ2v) is 4.85. The summed E-state index contributed by atoms with van der Waals surface area (Å²) in [7, 11) is 0. The van der Waals surface area contributed by atoms with Gasteiger partial charge in [0.25, 0.3) is 0 Å². The van der Waals surface area contributed by atoms with Gasteiger partial charge in [-0.15, -0.1) is 0 Å². The van der Waals surface area contributed by atoms with E-state index in [-0.39, 0.29) is 13.2 Å². The van der Waals surface area contributed by atoms with Crippen molar-refractivity contribution in [1.82, 2.24) is 0 Å². The minimum absolute atomic E-state index is 0.148. The van der Waals surface area contributed by atoms with E-state index >= 15 is 0 Å². The van der Waals surface area contributed by atoms with Crippen molar-refractivity contribution < 1.29 is 18.7 Å². The number of halogens is 2. The first kappa shape index (κ1) is 16.0. The molecule has 5 heteroatoms. The van der Waals surface area contributed by atoms with Gasteiger partial charge >= 0.3 is 5.97 Å². The van der Waals surface area contributed by atoms with E-state index in [1.807, 2.05) is 0 Å². The monoisotopic (exact) mass is 320 g/mol. The highest BCUT2D eigenvalue weighted by atomic mass is 35.5. The number of rotatable bonds is 6. The molecule has 0 fully saturated rings. The summed E-state index contributed by atoms with van der Waals surface area (Å²) in [6, 6.07) is 10.7. The fourth-order valence-corrected chi connectivity index (χ4v) is 1.95. The van der Waals surface area contributed by atoms with Crippen LogP contribution in [0.25, 0.3) is 0 Å². The molecule has 0 aliphatic carbocycles. The lowest BCUT2D eigenvalue weighted by molar-refractivity contribution is 0.0549. The van der Waals surface area contributed by atoms with Crippen LogP contribution in [0.3, 0.4) is 0 Å². The molecule has 0 aliphatic heterocycles. The van der Waals surface area contributed by atoms with Crippen molar-refractivity contribution >= 4 is 17.6 Å². The molecule has 0 unspecified atom stereocenters. The molecule has 22 heavy (non-hydrogen) atoms. The summed E-state index contributed by atoms with van der Waals surface area (Å²) in [6.45, 7) is 3.80. The smallest absolute Gasteiger partial charge is 0.338 e. The zero-order valence-electron chi connectivity index (χ0n) is 11.7. The van der Waals surface area contributed by atoms with Gasteiger partial charge in [-0.1, -0.05) is 36.4 Å². The molecule has 0 aromatic heterocycles. The van der Waals surface area contributed by atoms with Crippen LogP contribution in [-0.4, -0.2) is 12.6 Å². The Morgan fingerprint density at radius 2 is 2.09 bits per heavy atom. The maximum absolute atomic E-state index is 13.0. The highest BCUT2D eigenvalue weighted by Gasteiger charge is 2.08. The molecule has 114 valence electrons. The zero-order chi connectivity index (χ0) is 15.9. The van der Waals surface area contributed by atoms with E-state index in [4.69, 9.17) is 21.1 Å². The molecule has 0 N–H and O–H groups in total. The fourth-order valence-electron chi connectivity index (χ4n) is 1.73. The molecule has 0 radical (unpaired) electrons. The first-order valence-electron chi connectivity index (χ1n) is 6.55. The van der Waals surface area contributed by atoms with Gasteiger partial charge in [-0.25, -0.2) is 9.18 Å². The fraction of sp³-hybridized carbons (Fsp3) is 0.118. The number of hydrogen-bond donors (Lipinski definition) is 0. The van der Waals surface area contributed by atoms with Crippen molar-refractivity contribution in [3.8, 4) is 5.75 Å². The van der Waals surface area contributed by atoms with Crippen LogP contribution in [0.4, 0.5) is 4.39 Å². The SMILES string of the molecule is C=CCOC(=O)c1cccc(OCc2ccc(F)cc2Cl)c1. The highest BCUT2D eigenvalue weighted by molar-refractivity contribution is 6.31. The number of hydrogen-bond acceptors (Lipinski definition) is 3. The van der Waals surface area contributed by atoms with Crippen molar-refractivity contribution in [2.24, 2.45) is 0 Å². The summed E-state index contributed by atoms with van der Waals surface area (Å²) in [6.07, 6.45) is 1.49. The van der Waals surface area contributed by atoms with Crippen LogP contribution in [0.2, 0.25) is 5.02 Å². The summed E-state index contributed by atoms with van der Waals surface area (Å²) >= 11 is 5.93. The number of carbonyl (C=O) groups excluding carboxylic acids is 1. The summed E-state index contributed by atoms with van der Waals surface area (Å²) < 4.78 is 23.5. The number of ether oxygens (including phenoxy) is 2. The Labute approximate surface area is 132 Å². The normalized spacial score (nSPS) is 10.1. The van der Waals surface area contributed by atoms with Crippen molar-refractivity contribution in [2.45, 2.75) is 6.61 Å². The van der Waals surface area contributed by atoms with E-state index < -0.39 is 11.8 Å². The zero-order valence-corrected chi connectivity index (χ0v) is 12.5. The maximum Gasteiger partial charge on any atom is 0.338 e. The van der Waals surface area contributed by atoms with Crippen molar-refractivity contribution in [3.63, 3.8) is 0 Å². The molecule has 0 bridgehead atoms. The minimum atomic E-state index is -0.454. The molecule has 2 aromatic carbocycles. The molecule has 0 heterocycles. The van der Waals surface area contributed by atoms with Gasteiger partial charge in [0.05, 0.1) is 10.6 Å². The molecule has 2 rings (SSSR count). The van der Waals surface area contributed by atoms with Crippen LogP contribution >= 0.6 is 11.6 Å². The van der Waals surface area contributed by atoms with Crippen molar-refractivity contribution in [2.75, 3.05) is 6.61 Å². The second-order valence-electron chi connectivity index (χ2n) is 4.44. The average Bonchev–Trinajstić information content (AvgIpc) is 2.52. The van der Waals surface area contributed by atoms with Crippen LogP contribution in [0.15, 0.2) is 55.1 Å². The van der Waals surface area contributed by atoms with E-state index in [0.717, 1.165) is 0 Å². The molecule has 2 aromatic rings. The van der Waals surface area contributed by atoms with Crippen LogP contribution < -0.4 is 4.74 Å². The molecule has 3 nitrogen and oxygen atoms in total. The molecular formula is C17H14ClFO3. The third kappa shape index (κ3) is 4.33. The molecule has 0 atom stereocenters. The maximum atomic E-state index is 13.0. The van der Waals surface area contributed by atoms with Gasteiger partial charge in [-0.05, 0) is 30.3 Å². The molecule has 0 aliphatic rings. The Kier molecular flexibility index (Phi) is 5.55. The average molecular weight is 321 g/mol. The third-order valence-electron chi connectivity index (χ3n) is 2.81. The number of esters is 1. The first-order chi connectivity index (χ1) is 10.6. The first-order valence-corrected chi connectivity index (χ1v) is 6.93. The van der Waals surface area contributed by atoms with Gasteiger partial charge in [-0.2, -0.15) is 0 Å². The van der Waals surface area contributed by atoms with Crippen LogP contribution in [0.5, 0.6) is 5.75 Å². The van der Waals surface area contributed by atoms with Crippen LogP contribution in [0, 0.1) is 5.82 Å². The lowest BCUT2D eigenvalue weighted by Gasteiger charge is -2.09. The Hall–Kier alpha value is -2.33. The van der Waals surface area contributed by atoms with Crippen molar-refractivity contribution in [3.05, 3.63) is 77.1 Å². The second kappa shape index (κ2) is 7.61. The topological polar surface area (TPSA) is 35.5 Å². The summed E-state index contributed by atoms with van der Waals surface area (Å²) in [5.41, 5.74) is 1.03. The van der Waals surface area contributed by atoms with Gasteiger partial charge < -0.3 is 9.47 Å². The van der Waals surface area contributed by atoms with E-state index in [1.54, 1.807) is 30.3 Å². The minimum Gasteiger partial charge on any atom is -0.489 e. The number of carbonyl (C=O) groups is 1. The van der Waals surface area contributed by atoms with Crippen molar-refractivity contribution in [1.29, 1.82) is 0 Å². The van der Waals surface area contributed by atoms with Gasteiger partial charge in [0, 0.05) is 5.56 Å². The lowest BCUT2D eigenvalue weighted by atomic mass is 10.2. The molecule has 0 amide bonds.